The van der Waals surface area contributed by atoms with Crippen molar-refractivity contribution in [2.75, 3.05) is 17.3 Å². The standard InChI is InChI=1S/C31H33Br2N3O4/c1-4-8-19-11-25-30(26(37)12-19)29(22(16-34)18(3)35-25)21-13-23(33)31(27(14-21)39-5-2)40-17-20-9-6-7-10-24(20)36-28(38)15-32/h6-7,9-10,13-14,19,29,35H,4-5,8,11-12,15,17H2,1-3H3,(H,36,38). The van der Waals surface area contributed by atoms with E-state index in [0.717, 1.165) is 41.8 Å². The number of hydrogen-bond acceptors (Lipinski definition) is 6. The number of nitrogens with zero attached hydrogens (tertiary/aromatic N) is 1. The highest BCUT2D eigenvalue weighted by Crippen LogP contribution is 2.47. The molecule has 40 heavy (non-hydrogen) atoms. The summed E-state index contributed by atoms with van der Waals surface area (Å²) in [5, 5.41) is 16.6. The number of benzene rings is 2. The maximum atomic E-state index is 13.5. The first-order valence-electron chi connectivity index (χ1n) is 13.5. The van der Waals surface area contributed by atoms with Crippen molar-refractivity contribution >= 4 is 49.2 Å². The molecule has 0 radical (unpaired) electrons. The van der Waals surface area contributed by atoms with Crippen LogP contribution in [0.3, 0.4) is 0 Å². The lowest BCUT2D eigenvalue weighted by Gasteiger charge is -2.35. The fourth-order valence-electron chi connectivity index (χ4n) is 5.47. The van der Waals surface area contributed by atoms with Crippen molar-refractivity contribution in [3.05, 3.63) is 74.5 Å². The lowest BCUT2D eigenvalue weighted by Crippen LogP contribution is -2.34. The van der Waals surface area contributed by atoms with Crippen LogP contribution in [0, 0.1) is 17.2 Å². The van der Waals surface area contributed by atoms with E-state index in [9.17, 15) is 14.9 Å². The zero-order valence-corrected chi connectivity index (χ0v) is 26.1. The Morgan fingerprint density at radius 1 is 1.20 bits per heavy atom. The topological polar surface area (TPSA) is 100 Å². The van der Waals surface area contributed by atoms with Gasteiger partial charge in [0.15, 0.2) is 17.3 Å². The molecule has 9 heteroatoms. The average Bonchev–Trinajstić information content (AvgIpc) is 2.92. The van der Waals surface area contributed by atoms with Gasteiger partial charge in [0.2, 0.25) is 5.91 Å². The number of hydrogen-bond donors (Lipinski definition) is 2. The molecule has 2 aliphatic rings. The van der Waals surface area contributed by atoms with E-state index in [2.05, 4.69) is 55.5 Å². The normalized spacial score (nSPS) is 18.6. The minimum atomic E-state index is -0.485. The summed E-state index contributed by atoms with van der Waals surface area (Å²) in [5.41, 5.74) is 5.17. The van der Waals surface area contributed by atoms with Crippen LogP contribution in [-0.4, -0.2) is 23.6 Å². The number of nitrogens with one attached hydrogen (secondary N) is 2. The molecule has 0 aromatic heterocycles. The van der Waals surface area contributed by atoms with Crippen LogP contribution in [0.4, 0.5) is 5.69 Å². The van der Waals surface area contributed by atoms with Crippen LogP contribution < -0.4 is 20.1 Å². The Bertz CT molecular complexity index is 1410. The van der Waals surface area contributed by atoms with Gasteiger partial charge in [0.1, 0.15) is 6.61 Å². The lowest BCUT2D eigenvalue weighted by molar-refractivity contribution is -0.117. The molecule has 0 bridgehead atoms. The van der Waals surface area contributed by atoms with E-state index in [1.807, 2.05) is 50.2 Å². The van der Waals surface area contributed by atoms with Crippen LogP contribution in [0.1, 0.15) is 63.5 Å². The highest BCUT2D eigenvalue weighted by Gasteiger charge is 2.39. The molecule has 0 fully saturated rings. The monoisotopic (exact) mass is 669 g/mol. The molecule has 2 aromatic rings. The van der Waals surface area contributed by atoms with Gasteiger partial charge in [-0.1, -0.05) is 47.5 Å². The zero-order valence-electron chi connectivity index (χ0n) is 22.9. The quantitative estimate of drug-likeness (QED) is 0.258. The van der Waals surface area contributed by atoms with Gasteiger partial charge in [0.05, 0.1) is 34.0 Å². The average molecular weight is 671 g/mol. The summed E-state index contributed by atoms with van der Waals surface area (Å²) in [5.74, 6) is 0.780. The van der Waals surface area contributed by atoms with Gasteiger partial charge in [0.25, 0.3) is 0 Å². The third kappa shape index (κ3) is 6.45. The maximum Gasteiger partial charge on any atom is 0.235 e. The molecule has 1 aliphatic heterocycles. The predicted octanol–water partition coefficient (Wildman–Crippen LogP) is 7.28. The van der Waals surface area contributed by atoms with Crippen LogP contribution in [0.5, 0.6) is 11.5 Å². The number of para-hydroxylation sites is 1. The molecule has 1 aliphatic carbocycles. The minimum Gasteiger partial charge on any atom is -0.490 e. The van der Waals surface area contributed by atoms with E-state index in [4.69, 9.17) is 9.47 Å². The number of anilines is 1. The number of alkyl halides is 1. The van der Waals surface area contributed by atoms with Crippen molar-refractivity contribution in [3.8, 4) is 17.6 Å². The summed E-state index contributed by atoms with van der Waals surface area (Å²) < 4.78 is 12.9. The molecule has 2 atom stereocenters. The molecule has 0 saturated heterocycles. The molecule has 2 aromatic carbocycles. The number of carbonyl (C=O) groups is 2. The van der Waals surface area contributed by atoms with Gasteiger partial charge in [0, 0.05) is 34.6 Å². The number of nitriles is 1. The highest BCUT2D eigenvalue weighted by atomic mass is 79.9. The van der Waals surface area contributed by atoms with Gasteiger partial charge < -0.3 is 20.1 Å². The third-order valence-corrected chi connectivity index (χ3v) is 8.28. The summed E-state index contributed by atoms with van der Waals surface area (Å²) in [6.45, 7) is 6.52. The van der Waals surface area contributed by atoms with Crippen LogP contribution in [-0.2, 0) is 16.2 Å². The second-order valence-corrected chi connectivity index (χ2v) is 11.4. The molecule has 0 spiro atoms. The Hall–Kier alpha value is -3.09. The van der Waals surface area contributed by atoms with Gasteiger partial charge in [-0.2, -0.15) is 5.26 Å². The van der Waals surface area contributed by atoms with Crippen LogP contribution in [0.15, 0.2) is 63.4 Å². The van der Waals surface area contributed by atoms with Gasteiger partial charge in [-0.25, -0.2) is 0 Å². The molecule has 1 heterocycles. The van der Waals surface area contributed by atoms with E-state index in [-0.39, 0.29) is 23.6 Å². The van der Waals surface area contributed by atoms with Gasteiger partial charge in [-0.05, 0) is 72.3 Å². The van der Waals surface area contributed by atoms with E-state index < -0.39 is 5.92 Å². The van der Waals surface area contributed by atoms with Gasteiger partial charge in [-0.3, -0.25) is 9.59 Å². The zero-order chi connectivity index (χ0) is 28.8. The summed E-state index contributed by atoms with van der Waals surface area (Å²) in [7, 11) is 0. The van der Waals surface area contributed by atoms with Crippen LogP contribution in [0.2, 0.25) is 0 Å². The molecule has 2 N–H and O–H groups in total. The van der Waals surface area contributed by atoms with Crippen molar-refractivity contribution in [2.45, 2.75) is 59.0 Å². The molecule has 4 rings (SSSR count). The maximum absolute atomic E-state index is 13.5. The molecule has 1 amide bonds. The third-order valence-electron chi connectivity index (χ3n) is 7.18. The Morgan fingerprint density at radius 3 is 2.67 bits per heavy atom. The van der Waals surface area contributed by atoms with Crippen molar-refractivity contribution in [1.29, 1.82) is 5.26 Å². The Labute approximate surface area is 252 Å². The smallest absolute Gasteiger partial charge is 0.235 e. The second-order valence-electron chi connectivity index (χ2n) is 9.98. The Balaban J connectivity index is 1.71. The van der Waals surface area contributed by atoms with E-state index >= 15 is 0 Å². The summed E-state index contributed by atoms with van der Waals surface area (Å²) in [6, 6.07) is 13.6. The molecule has 7 nitrogen and oxygen atoms in total. The van der Waals surface area contributed by atoms with Gasteiger partial charge >= 0.3 is 0 Å². The number of halogens is 2. The van der Waals surface area contributed by atoms with E-state index in [1.165, 1.54) is 0 Å². The molecular formula is C31H33Br2N3O4. The number of ketones is 1. The fourth-order valence-corrected chi connectivity index (χ4v) is 6.19. The number of rotatable bonds is 10. The highest BCUT2D eigenvalue weighted by molar-refractivity contribution is 9.10. The number of allylic oxidation sites excluding steroid dienone is 4. The first kappa shape index (κ1) is 29.9. The molecular weight excluding hydrogens is 638 g/mol. The minimum absolute atomic E-state index is 0.0917. The van der Waals surface area contributed by atoms with Crippen molar-refractivity contribution in [2.24, 2.45) is 5.92 Å². The lowest BCUT2D eigenvalue weighted by atomic mass is 9.72. The van der Waals surface area contributed by atoms with Gasteiger partial charge in [-0.15, -0.1) is 0 Å². The number of ether oxygens (including phenoxy) is 2. The fraction of sp³-hybridized carbons (Fsp3) is 0.387. The molecule has 2 unspecified atom stereocenters. The number of carbonyl (C=O) groups excluding carboxylic acids is 2. The van der Waals surface area contributed by atoms with Crippen LogP contribution >= 0.6 is 31.9 Å². The number of dihydropyridines is 1. The SMILES string of the molecule is CCCC1CC(=O)C2=C(C1)NC(C)=C(C#N)C2c1cc(Br)c(OCc2ccccc2NC(=O)CBr)c(OCC)c1. The van der Waals surface area contributed by atoms with Crippen LogP contribution in [0.25, 0.3) is 0 Å². The number of amides is 1. The van der Waals surface area contributed by atoms with Crippen molar-refractivity contribution in [1.82, 2.24) is 5.32 Å². The summed E-state index contributed by atoms with van der Waals surface area (Å²) in [6.07, 6.45) is 3.32. The second kappa shape index (κ2) is 13.5. The van der Waals surface area contributed by atoms with Crippen molar-refractivity contribution in [3.63, 3.8) is 0 Å². The summed E-state index contributed by atoms with van der Waals surface area (Å²) >= 11 is 6.85. The first-order valence-corrected chi connectivity index (χ1v) is 15.4. The first-order chi connectivity index (χ1) is 19.3. The molecule has 0 saturated carbocycles. The largest absolute Gasteiger partial charge is 0.490 e. The molecule has 210 valence electrons. The predicted molar refractivity (Wildman–Crippen MR) is 162 cm³/mol. The van der Waals surface area contributed by atoms with Crippen molar-refractivity contribution < 1.29 is 19.1 Å². The Morgan fingerprint density at radius 2 is 1.98 bits per heavy atom. The number of Topliss-reactive ketones (excluding diaryl/α,β-unsaturated/α-hetero) is 1. The van der Waals surface area contributed by atoms with E-state index in [0.29, 0.717) is 51.8 Å². The Kier molecular flexibility index (Phi) is 10.1. The summed E-state index contributed by atoms with van der Waals surface area (Å²) in [4.78, 5) is 25.4. The van der Waals surface area contributed by atoms with E-state index in [1.54, 1.807) is 0 Å².